The summed E-state index contributed by atoms with van der Waals surface area (Å²) in [6.45, 7) is 14.0. The predicted molar refractivity (Wildman–Crippen MR) is 105 cm³/mol. The number of morpholine rings is 1. The number of ether oxygens (including phenoxy) is 2. The molecule has 0 radical (unpaired) electrons. The third-order valence-electron chi connectivity index (χ3n) is 5.07. The summed E-state index contributed by atoms with van der Waals surface area (Å²) in [6.07, 6.45) is 2.30. The van der Waals surface area contributed by atoms with E-state index in [-0.39, 0.29) is 11.9 Å². The largest absolute Gasteiger partial charge is 0.469 e. The molecule has 0 bridgehead atoms. The van der Waals surface area contributed by atoms with Crippen LogP contribution in [0.1, 0.15) is 40.5 Å². The van der Waals surface area contributed by atoms with Crippen molar-refractivity contribution in [3.8, 4) is 0 Å². The molecule has 0 spiro atoms. The van der Waals surface area contributed by atoms with E-state index >= 15 is 0 Å². The number of guanidine groups is 1. The van der Waals surface area contributed by atoms with Crippen molar-refractivity contribution in [1.82, 2.24) is 15.5 Å². The molecule has 0 aliphatic carbocycles. The van der Waals surface area contributed by atoms with Crippen LogP contribution in [0.2, 0.25) is 0 Å². The van der Waals surface area contributed by atoms with Crippen LogP contribution in [0, 0.1) is 11.8 Å². The predicted octanol–water partition coefficient (Wildman–Crippen LogP) is 1.49. The van der Waals surface area contributed by atoms with Gasteiger partial charge in [-0.25, -0.2) is 0 Å². The second-order valence-corrected chi connectivity index (χ2v) is 6.82. The molecule has 2 unspecified atom stereocenters. The normalized spacial score (nSPS) is 18.5. The van der Waals surface area contributed by atoms with Gasteiger partial charge in [0.1, 0.15) is 0 Å². The molecule has 1 saturated heterocycles. The number of carbonyl (C=O) groups excluding carboxylic acids is 1. The number of hydrogen-bond donors (Lipinski definition) is 2. The standard InChI is InChI=1S/C19H38N4O3/c1-6-16(7-2)17(23-9-11-26-12-10-23)14-22-19(20-8-3)21-13-15(4)18(24)25-5/h15-17H,6-14H2,1-5H3,(H2,20,21,22). The van der Waals surface area contributed by atoms with Crippen LogP contribution in [0.5, 0.6) is 0 Å². The van der Waals surface area contributed by atoms with Crippen molar-refractivity contribution < 1.29 is 14.3 Å². The van der Waals surface area contributed by atoms with Gasteiger partial charge in [0.05, 0.1) is 32.8 Å². The van der Waals surface area contributed by atoms with Gasteiger partial charge in [-0.05, 0) is 12.8 Å². The van der Waals surface area contributed by atoms with Crippen molar-refractivity contribution in [1.29, 1.82) is 0 Å². The number of methoxy groups -OCH3 is 1. The molecule has 1 aliphatic rings. The van der Waals surface area contributed by atoms with E-state index in [0.717, 1.165) is 58.2 Å². The maximum atomic E-state index is 11.6. The van der Waals surface area contributed by atoms with E-state index < -0.39 is 0 Å². The van der Waals surface area contributed by atoms with Gasteiger partial charge in [0.15, 0.2) is 5.96 Å². The molecule has 0 aromatic carbocycles. The summed E-state index contributed by atoms with van der Waals surface area (Å²) in [7, 11) is 1.42. The molecular formula is C19H38N4O3. The Balaban J connectivity index is 2.74. The first-order valence-corrected chi connectivity index (χ1v) is 9.99. The van der Waals surface area contributed by atoms with Crippen molar-refractivity contribution in [2.75, 3.05) is 53.0 Å². The molecule has 2 N–H and O–H groups in total. The highest BCUT2D eigenvalue weighted by Gasteiger charge is 2.26. The Hall–Kier alpha value is -1.34. The van der Waals surface area contributed by atoms with Crippen LogP contribution < -0.4 is 10.6 Å². The van der Waals surface area contributed by atoms with E-state index in [2.05, 4.69) is 29.4 Å². The Labute approximate surface area is 158 Å². The van der Waals surface area contributed by atoms with E-state index in [1.807, 2.05) is 13.8 Å². The number of hydrogen-bond acceptors (Lipinski definition) is 5. The molecule has 26 heavy (non-hydrogen) atoms. The lowest BCUT2D eigenvalue weighted by atomic mass is 9.92. The number of nitrogens with zero attached hydrogens (tertiary/aromatic N) is 2. The number of nitrogens with one attached hydrogen (secondary N) is 2. The summed E-state index contributed by atoms with van der Waals surface area (Å²) in [5, 5.41) is 6.54. The molecule has 0 saturated carbocycles. The summed E-state index contributed by atoms with van der Waals surface area (Å²) < 4.78 is 10.3. The number of rotatable bonds is 10. The van der Waals surface area contributed by atoms with E-state index in [4.69, 9.17) is 14.5 Å². The highest BCUT2D eigenvalue weighted by molar-refractivity contribution is 5.80. The molecule has 0 aromatic heterocycles. The molecule has 2 atom stereocenters. The Morgan fingerprint density at radius 2 is 1.85 bits per heavy atom. The third kappa shape index (κ3) is 7.50. The van der Waals surface area contributed by atoms with Crippen molar-refractivity contribution in [3.63, 3.8) is 0 Å². The van der Waals surface area contributed by atoms with Crippen LogP contribution in [-0.4, -0.2) is 75.9 Å². The van der Waals surface area contributed by atoms with Gasteiger partial charge in [-0.2, -0.15) is 0 Å². The first-order chi connectivity index (χ1) is 12.6. The second kappa shape index (κ2) is 12.9. The molecule has 0 aromatic rings. The Bertz CT molecular complexity index is 421. The minimum atomic E-state index is -0.212. The van der Waals surface area contributed by atoms with Gasteiger partial charge >= 0.3 is 5.97 Å². The second-order valence-electron chi connectivity index (χ2n) is 6.82. The van der Waals surface area contributed by atoms with Gasteiger partial charge in [0.25, 0.3) is 0 Å². The van der Waals surface area contributed by atoms with Gasteiger partial charge in [0, 0.05) is 32.2 Å². The number of carbonyl (C=O) groups is 1. The fourth-order valence-electron chi connectivity index (χ4n) is 3.37. The minimum absolute atomic E-state index is 0.210. The van der Waals surface area contributed by atoms with Gasteiger partial charge in [-0.15, -0.1) is 0 Å². The number of esters is 1. The van der Waals surface area contributed by atoms with Crippen LogP contribution in [0.15, 0.2) is 4.99 Å². The fraction of sp³-hybridized carbons (Fsp3) is 0.895. The van der Waals surface area contributed by atoms with Gasteiger partial charge in [-0.3, -0.25) is 14.7 Å². The Morgan fingerprint density at radius 1 is 1.19 bits per heavy atom. The average molecular weight is 371 g/mol. The van der Waals surface area contributed by atoms with Gasteiger partial charge < -0.3 is 20.1 Å². The summed E-state index contributed by atoms with van der Waals surface area (Å²) in [5.41, 5.74) is 0. The van der Waals surface area contributed by atoms with Crippen LogP contribution >= 0.6 is 0 Å². The molecule has 0 amide bonds. The average Bonchev–Trinajstić information content (AvgIpc) is 2.68. The lowest BCUT2D eigenvalue weighted by Crippen LogP contribution is -2.49. The van der Waals surface area contributed by atoms with Gasteiger partial charge in [0.2, 0.25) is 0 Å². The zero-order chi connectivity index (χ0) is 19.4. The van der Waals surface area contributed by atoms with Crippen molar-refractivity contribution in [2.45, 2.75) is 46.6 Å². The molecule has 1 fully saturated rings. The monoisotopic (exact) mass is 370 g/mol. The quantitative estimate of drug-likeness (QED) is 0.345. The molecule has 1 rings (SSSR count). The van der Waals surface area contributed by atoms with Crippen LogP contribution in [-0.2, 0) is 14.3 Å². The lowest BCUT2D eigenvalue weighted by Gasteiger charge is -2.38. The van der Waals surface area contributed by atoms with Crippen LogP contribution in [0.4, 0.5) is 0 Å². The van der Waals surface area contributed by atoms with Crippen molar-refractivity contribution in [2.24, 2.45) is 16.8 Å². The summed E-state index contributed by atoms with van der Waals surface area (Å²) in [6, 6.07) is 0.419. The van der Waals surface area contributed by atoms with E-state index in [1.165, 1.54) is 7.11 Å². The molecule has 7 heteroatoms. The maximum absolute atomic E-state index is 11.6. The topological polar surface area (TPSA) is 75.2 Å². The zero-order valence-corrected chi connectivity index (χ0v) is 17.2. The first-order valence-electron chi connectivity index (χ1n) is 9.99. The summed E-state index contributed by atoms with van der Waals surface area (Å²) >= 11 is 0. The molecule has 7 nitrogen and oxygen atoms in total. The highest BCUT2D eigenvalue weighted by atomic mass is 16.5. The smallest absolute Gasteiger partial charge is 0.310 e. The van der Waals surface area contributed by atoms with E-state index in [9.17, 15) is 4.79 Å². The summed E-state index contributed by atoms with van der Waals surface area (Å²) in [5.74, 6) is 0.954. The molecular weight excluding hydrogens is 332 g/mol. The maximum Gasteiger partial charge on any atom is 0.310 e. The van der Waals surface area contributed by atoms with E-state index in [0.29, 0.717) is 18.5 Å². The first kappa shape index (κ1) is 22.7. The highest BCUT2D eigenvalue weighted by Crippen LogP contribution is 2.20. The lowest BCUT2D eigenvalue weighted by molar-refractivity contribution is -0.144. The number of aliphatic imine (C=N–C) groups is 1. The van der Waals surface area contributed by atoms with E-state index in [1.54, 1.807) is 0 Å². The van der Waals surface area contributed by atoms with Crippen molar-refractivity contribution >= 4 is 11.9 Å². The molecule has 1 heterocycles. The van der Waals surface area contributed by atoms with Crippen LogP contribution in [0.25, 0.3) is 0 Å². The SMILES string of the molecule is CCNC(=NCC(C(CC)CC)N1CCOCC1)NCC(C)C(=O)OC. The Kier molecular flexibility index (Phi) is 11.3. The van der Waals surface area contributed by atoms with Crippen LogP contribution in [0.3, 0.4) is 0 Å². The molecule has 152 valence electrons. The van der Waals surface area contributed by atoms with Crippen molar-refractivity contribution in [3.05, 3.63) is 0 Å². The fourth-order valence-corrected chi connectivity index (χ4v) is 3.37. The Morgan fingerprint density at radius 3 is 2.38 bits per heavy atom. The zero-order valence-electron chi connectivity index (χ0n) is 17.2. The van der Waals surface area contributed by atoms with Gasteiger partial charge in [-0.1, -0.05) is 33.6 Å². The minimum Gasteiger partial charge on any atom is -0.469 e. The third-order valence-corrected chi connectivity index (χ3v) is 5.07. The summed E-state index contributed by atoms with van der Waals surface area (Å²) in [4.78, 5) is 18.9. The molecule has 1 aliphatic heterocycles.